The molecule has 0 aliphatic heterocycles. The number of carbonyl (C=O) groups excluding carboxylic acids is 2. The van der Waals surface area contributed by atoms with Crippen molar-refractivity contribution >= 4 is 12.0 Å². The van der Waals surface area contributed by atoms with Crippen LogP contribution in [0.15, 0.2) is 16.8 Å². The summed E-state index contributed by atoms with van der Waals surface area (Å²) >= 11 is 0. The third-order valence-electron chi connectivity index (χ3n) is 0.957. The molecule has 0 aromatic carbocycles. The standard InChI is InChI=1S/C7H9NO4/c1-6(4-8-5-10)7(11)12-3-2-9/h4,9H,2-3H2,1H3. The molecule has 0 unspecified atom stereocenters. The molecule has 0 saturated heterocycles. The lowest BCUT2D eigenvalue weighted by Gasteiger charge is -2.00. The van der Waals surface area contributed by atoms with Crippen molar-refractivity contribution in [2.45, 2.75) is 6.92 Å². The Kier molecular flexibility index (Phi) is 5.51. The summed E-state index contributed by atoms with van der Waals surface area (Å²) in [6, 6.07) is 0. The van der Waals surface area contributed by atoms with Crippen molar-refractivity contribution in [2.24, 2.45) is 4.99 Å². The fourth-order valence-electron chi connectivity index (χ4n) is 0.428. The molecule has 5 heteroatoms. The Morgan fingerprint density at radius 1 is 1.75 bits per heavy atom. The minimum atomic E-state index is -0.608. The number of hydrogen-bond acceptors (Lipinski definition) is 5. The van der Waals surface area contributed by atoms with Gasteiger partial charge in [-0.3, -0.25) is 0 Å². The Balaban J connectivity index is 4.00. The highest BCUT2D eigenvalue weighted by molar-refractivity contribution is 5.87. The van der Waals surface area contributed by atoms with E-state index in [-0.39, 0.29) is 18.8 Å². The van der Waals surface area contributed by atoms with Crippen LogP contribution in [0.2, 0.25) is 0 Å². The number of nitrogens with zero attached hydrogens (tertiary/aromatic N) is 1. The van der Waals surface area contributed by atoms with Crippen molar-refractivity contribution in [3.8, 4) is 0 Å². The van der Waals surface area contributed by atoms with Gasteiger partial charge in [0.1, 0.15) is 6.61 Å². The Morgan fingerprint density at radius 2 is 2.42 bits per heavy atom. The van der Waals surface area contributed by atoms with E-state index in [4.69, 9.17) is 5.11 Å². The lowest BCUT2D eigenvalue weighted by atomic mass is 10.3. The molecule has 5 nitrogen and oxygen atoms in total. The van der Waals surface area contributed by atoms with Gasteiger partial charge in [-0.15, -0.1) is 0 Å². The number of aliphatic hydroxyl groups is 1. The first-order chi connectivity index (χ1) is 5.72. The smallest absolute Gasteiger partial charge is 0.335 e. The van der Waals surface area contributed by atoms with E-state index in [1.54, 1.807) is 0 Å². The number of aliphatic hydroxyl groups excluding tert-OH is 1. The van der Waals surface area contributed by atoms with E-state index >= 15 is 0 Å². The zero-order chi connectivity index (χ0) is 9.40. The molecule has 12 heavy (non-hydrogen) atoms. The zero-order valence-corrected chi connectivity index (χ0v) is 6.61. The van der Waals surface area contributed by atoms with Crippen molar-refractivity contribution < 1.29 is 19.4 Å². The third-order valence-corrected chi connectivity index (χ3v) is 0.957. The van der Waals surface area contributed by atoms with Gasteiger partial charge in [-0.25, -0.2) is 9.59 Å². The quantitative estimate of drug-likeness (QED) is 0.274. The van der Waals surface area contributed by atoms with Crippen LogP contribution in [0.4, 0.5) is 0 Å². The van der Waals surface area contributed by atoms with E-state index < -0.39 is 5.97 Å². The van der Waals surface area contributed by atoms with Crippen molar-refractivity contribution in [2.75, 3.05) is 13.2 Å². The van der Waals surface area contributed by atoms with Crippen LogP contribution >= 0.6 is 0 Å². The second-order valence-electron chi connectivity index (χ2n) is 1.89. The monoisotopic (exact) mass is 171 g/mol. The summed E-state index contributed by atoms with van der Waals surface area (Å²) in [6.07, 6.45) is 2.30. The Hall–Kier alpha value is -1.45. The second kappa shape index (κ2) is 6.27. The van der Waals surface area contributed by atoms with Gasteiger partial charge in [-0.1, -0.05) is 0 Å². The van der Waals surface area contributed by atoms with Crippen LogP contribution in [0, 0.1) is 0 Å². The molecule has 0 aliphatic rings. The summed E-state index contributed by atoms with van der Waals surface area (Å²) < 4.78 is 4.50. The minimum absolute atomic E-state index is 0.0607. The molecule has 66 valence electrons. The molecule has 0 aliphatic carbocycles. The molecule has 0 aromatic heterocycles. The van der Waals surface area contributed by atoms with Crippen molar-refractivity contribution in [1.29, 1.82) is 0 Å². The fourth-order valence-corrected chi connectivity index (χ4v) is 0.428. The zero-order valence-electron chi connectivity index (χ0n) is 6.61. The molecule has 0 atom stereocenters. The molecule has 0 amide bonds. The van der Waals surface area contributed by atoms with Crippen LogP contribution < -0.4 is 0 Å². The van der Waals surface area contributed by atoms with Crippen LogP contribution in [0.5, 0.6) is 0 Å². The molecule has 0 heterocycles. The number of isocyanates is 1. The molecule has 0 bridgehead atoms. The van der Waals surface area contributed by atoms with E-state index in [1.807, 2.05) is 0 Å². The molecule has 0 rings (SSSR count). The van der Waals surface area contributed by atoms with Crippen molar-refractivity contribution in [3.63, 3.8) is 0 Å². The topological polar surface area (TPSA) is 76.0 Å². The molecular weight excluding hydrogens is 162 g/mol. The van der Waals surface area contributed by atoms with Crippen molar-refractivity contribution in [1.82, 2.24) is 0 Å². The molecule has 0 spiro atoms. The third kappa shape index (κ3) is 4.38. The van der Waals surface area contributed by atoms with Gasteiger partial charge in [0.2, 0.25) is 6.08 Å². The lowest BCUT2D eigenvalue weighted by Crippen LogP contribution is -2.08. The molecule has 0 fully saturated rings. The maximum absolute atomic E-state index is 10.8. The van der Waals surface area contributed by atoms with Gasteiger partial charge >= 0.3 is 5.97 Å². The summed E-state index contributed by atoms with van der Waals surface area (Å²) in [5.41, 5.74) is 0.187. The SMILES string of the molecule is CC(=CN=C=O)C(=O)OCCO. The highest BCUT2D eigenvalue weighted by atomic mass is 16.5. The van der Waals surface area contributed by atoms with Gasteiger partial charge in [0.25, 0.3) is 0 Å². The molecule has 0 saturated carbocycles. The Bertz CT molecular complexity index is 228. The fraction of sp³-hybridized carbons (Fsp3) is 0.429. The van der Waals surface area contributed by atoms with E-state index in [1.165, 1.54) is 13.0 Å². The number of aliphatic imine (C=N–C) groups is 1. The maximum atomic E-state index is 10.8. The molecule has 1 N–H and O–H groups in total. The molecule has 0 radical (unpaired) electrons. The van der Waals surface area contributed by atoms with Crippen molar-refractivity contribution in [3.05, 3.63) is 11.8 Å². The number of carbonyl (C=O) groups is 1. The van der Waals surface area contributed by atoms with Crippen LogP contribution in [0.1, 0.15) is 6.92 Å². The largest absolute Gasteiger partial charge is 0.460 e. The predicted molar refractivity (Wildman–Crippen MR) is 39.9 cm³/mol. The Labute approximate surface area is 69.4 Å². The average molecular weight is 171 g/mol. The van der Waals surface area contributed by atoms with Crippen LogP contribution in [-0.2, 0) is 14.3 Å². The van der Waals surface area contributed by atoms with E-state index in [0.717, 1.165) is 6.20 Å². The maximum Gasteiger partial charge on any atom is 0.335 e. The number of esters is 1. The van der Waals surface area contributed by atoms with Gasteiger partial charge in [0, 0.05) is 0 Å². The normalized spacial score (nSPS) is 10.3. The van der Waals surface area contributed by atoms with Crippen LogP contribution in [0.25, 0.3) is 0 Å². The first-order valence-electron chi connectivity index (χ1n) is 3.24. The number of ether oxygens (including phenoxy) is 1. The van der Waals surface area contributed by atoms with Gasteiger partial charge in [-0.2, -0.15) is 4.99 Å². The number of hydrogen-bond donors (Lipinski definition) is 1. The van der Waals surface area contributed by atoms with Crippen LogP contribution in [0.3, 0.4) is 0 Å². The first-order valence-corrected chi connectivity index (χ1v) is 3.24. The highest BCUT2D eigenvalue weighted by Gasteiger charge is 2.03. The summed E-state index contributed by atoms with van der Waals surface area (Å²) in [6.45, 7) is 1.16. The van der Waals surface area contributed by atoms with Gasteiger partial charge < -0.3 is 9.84 Å². The Morgan fingerprint density at radius 3 is 2.92 bits per heavy atom. The summed E-state index contributed by atoms with van der Waals surface area (Å²) in [7, 11) is 0. The summed E-state index contributed by atoms with van der Waals surface area (Å²) in [4.78, 5) is 23.5. The van der Waals surface area contributed by atoms with E-state index in [2.05, 4.69) is 9.73 Å². The van der Waals surface area contributed by atoms with Gasteiger partial charge in [0.05, 0.1) is 18.4 Å². The average Bonchev–Trinajstić information content (AvgIpc) is 2.10. The molecular formula is C7H9NO4. The van der Waals surface area contributed by atoms with Crippen LogP contribution in [-0.4, -0.2) is 30.4 Å². The van der Waals surface area contributed by atoms with E-state index in [9.17, 15) is 9.59 Å². The number of rotatable bonds is 4. The molecule has 0 aromatic rings. The van der Waals surface area contributed by atoms with E-state index in [0.29, 0.717) is 0 Å². The minimum Gasteiger partial charge on any atom is -0.460 e. The predicted octanol–water partition coefficient (Wildman–Crippen LogP) is -0.238. The van der Waals surface area contributed by atoms with Gasteiger partial charge in [-0.05, 0) is 6.92 Å². The first kappa shape index (κ1) is 10.6. The van der Waals surface area contributed by atoms with Gasteiger partial charge in [0.15, 0.2) is 0 Å². The summed E-state index contributed by atoms with van der Waals surface area (Å²) in [5, 5.41) is 8.29. The lowest BCUT2D eigenvalue weighted by molar-refractivity contribution is -0.139. The second-order valence-corrected chi connectivity index (χ2v) is 1.89. The summed E-state index contributed by atoms with van der Waals surface area (Å²) in [5.74, 6) is -0.608. The highest BCUT2D eigenvalue weighted by Crippen LogP contribution is 1.95.